The Morgan fingerprint density at radius 2 is 2.16 bits per heavy atom. The molecule has 0 radical (unpaired) electrons. The second-order valence-corrected chi connectivity index (χ2v) is 5.50. The lowest BCUT2D eigenvalue weighted by atomic mass is 9.94. The first kappa shape index (κ1) is 13.9. The SMILES string of the molecule is Cc1ccc(C(N)=O)c(N2CCCCC2C(C)N)c1. The van der Waals surface area contributed by atoms with Crippen LogP contribution in [0, 0.1) is 6.92 Å². The average Bonchev–Trinajstić information content (AvgIpc) is 2.38. The van der Waals surface area contributed by atoms with Crippen molar-refractivity contribution in [3.05, 3.63) is 29.3 Å². The highest BCUT2D eigenvalue weighted by atomic mass is 16.1. The summed E-state index contributed by atoms with van der Waals surface area (Å²) < 4.78 is 0. The van der Waals surface area contributed by atoms with Crippen molar-refractivity contribution in [2.45, 2.75) is 45.2 Å². The lowest BCUT2D eigenvalue weighted by Crippen LogP contribution is -2.49. The van der Waals surface area contributed by atoms with Crippen molar-refractivity contribution in [3.63, 3.8) is 0 Å². The number of primary amides is 1. The third-order valence-electron chi connectivity index (χ3n) is 3.88. The molecule has 104 valence electrons. The number of nitrogens with two attached hydrogens (primary N) is 2. The largest absolute Gasteiger partial charge is 0.366 e. The number of amides is 1. The highest BCUT2D eigenvalue weighted by Gasteiger charge is 2.28. The number of nitrogens with zero attached hydrogens (tertiary/aromatic N) is 1. The Hall–Kier alpha value is -1.55. The van der Waals surface area contributed by atoms with Crippen LogP contribution in [-0.4, -0.2) is 24.5 Å². The molecule has 0 spiro atoms. The molecular weight excluding hydrogens is 238 g/mol. The van der Waals surface area contributed by atoms with Crippen molar-refractivity contribution in [3.8, 4) is 0 Å². The van der Waals surface area contributed by atoms with Crippen LogP contribution in [0.15, 0.2) is 18.2 Å². The smallest absolute Gasteiger partial charge is 0.250 e. The molecule has 4 heteroatoms. The predicted octanol–water partition coefficient (Wildman–Crippen LogP) is 1.80. The zero-order chi connectivity index (χ0) is 14.0. The van der Waals surface area contributed by atoms with Crippen LogP contribution in [0.2, 0.25) is 0 Å². The Bertz CT molecular complexity index is 470. The number of aryl methyl sites for hydroxylation is 1. The minimum Gasteiger partial charge on any atom is -0.366 e. The van der Waals surface area contributed by atoms with Gasteiger partial charge >= 0.3 is 0 Å². The second-order valence-electron chi connectivity index (χ2n) is 5.50. The number of rotatable bonds is 3. The number of carbonyl (C=O) groups is 1. The molecule has 1 aromatic carbocycles. The predicted molar refractivity (Wildman–Crippen MR) is 78.3 cm³/mol. The van der Waals surface area contributed by atoms with Gasteiger partial charge in [0.05, 0.1) is 11.3 Å². The first-order valence-corrected chi connectivity index (χ1v) is 6.93. The third kappa shape index (κ3) is 2.89. The molecule has 2 unspecified atom stereocenters. The van der Waals surface area contributed by atoms with Crippen LogP contribution in [0.1, 0.15) is 42.1 Å². The summed E-state index contributed by atoms with van der Waals surface area (Å²) in [4.78, 5) is 13.9. The van der Waals surface area contributed by atoms with Crippen LogP contribution >= 0.6 is 0 Å². The number of piperidine rings is 1. The molecule has 4 nitrogen and oxygen atoms in total. The average molecular weight is 261 g/mol. The normalized spacial score (nSPS) is 21.2. The maximum atomic E-state index is 11.6. The van der Waals surface area contributed by atoms with E-state index in [1.165, 1.54) is 6.42 Å². The van der Waals surface area contributed by atoms with E-state index in [1.54, 1.807) is 0 Å². The summed E-state index contributed by atoms with van der Waals surface area (Å²) in [7, 11) is 0. The highest BCUT2D eigenvalue weighted by Crippen LogP contribution is 2.29. The molecule has 1 aliphatic heterocycles. The molecule has 1 fully saturated rings. The summed E-state index contributed by atoms with van der Waals surface area (Å²) in [6.07, 6.45) is 3.40. The van der Waals surface area contributed by atoms with Crippen molar-refractivity contribution in [1.82, 2.24) is 0 Å². The van der Waals surface area contributed by atoms with E-state index in [4.69, 9.17) is 11.5 Å². The minimum atomic E-state index is -0.371. The molecule has 1 aliphatic rings. The van der Waals surface area contributed by atoms with E-state index in [2.05, 4.69) is 4.90 Å². The maximum Gasteiger partial charge on any atom is 0.250 e. The Morgan fingerprint density at radius 3 is 2.79 bits per heavy atom. The van der Waals surface area contributed by atoms with Gasteiger partial charge in [0.15, 0.2) is 0 Å². The molecule has 0 bridgehead atoms. The lowest BCUT2D eigenvalue weighted by Gasteiger charge is -2.40. The molecule has 1 heterocycles. The first-order valence-electron chi connectivity index (χ1n) is 6.93. The Kier molecular flexibility index (Phi) is 4.10. The number of anilines is 1. The number of hydrogen-bond donors (Lipinski definition) is 2. The van der Waals surface area contributed by atoms with E-state index >= 15 is 0 Å². The summed E-state index contributed by atoms with van der Waals surface area (Å²) in [6, 6.07) is 6.16. The van der Waals surface area contributed by atoms with Crippen LogP contribution in [0.4, 0.5) is 5.69 Å². The van der Waals surface area contributed by atoms with Crippen LogP contribution in [0.3, 0.4) is 0 Å². The summed E-state index contributed by atoms with van der Waals surface area (Å²) in [5.74, 6) is -0.371. The molecule has 1 aromatic rings. The van der Waals surface area contributed by atoms with Gasteiger partial charge in [-0.1, -0.05) is 6.07 Å². The van der Waals surface area contributed by atoms with Gasteiger partial charge in [0.25, 0.3) is 5.91 Å². The number of benzene rings is 1. The fraction of sp³-hybridized carbons (Fsp3) is 0.533. The van der Waals surface area contributed by atoms with E-state index in [0.29, 0.717) is 5.56 Å². The van der Waals surface area contributed by atoms with Gasteiger partial charge in [-0.3, -0.25) is 4.79 Å². The van der Waals surface area contributed by atoms with Gasteiger partial charge in [-0.2, -0.15) is 0 Å². The van der Waals surface area contributed by atoms with Gasteiger partial charge in [-0.25, -0.2) is 0 Å². The third-order valence-corrected chi connectivity index (χ3v) is 3.88. The topological polar surface area (TPSA) is 72.4 Å². The standard InChI is InChI=1S/C15H23N3O/c1-10-6-7-12(15(17)19)14(9-10)18-8-4-3-5-13(18)11(2)16/h6-7,9,11,13H,3-5,8,16H2,1-2H3,(H2,17,19). The summed E-state index contributed by atoms with van der Waals surface area (Å²) in [5, 5.41) is 0. The molecule has 1 amide bonds. The molecule has 4 N–H and O–H groups in total. The van der Waals surface area contributed by atoms with Gasteiger partial charge in [0, 0.05) is 18.6 Å². The number of carbonyl (C=O) groups excluding carboxylic acids is 1. The monoisotopic (exact) mass is 261 g/mol. The van der Waals surface area contributed by atoms with E-state index < -0.39 is 0 Å². The van der Waals surface area contributed by atoms with Crippen LogP contribution in [-0.2, 0) is 0 Å². The molecule has 0 aromatic heterocycles. The molecular formula is C15H23N3O. The van der Waals surface area contributed by atoms with Gasteiger partial charge in [-0.15, -0.1) is 0 Å². The first-order chi connectivity index (χ1) is 9.00. The molecule has 2 rings (SSSR count). The molecule has 0 saturated carbocycles. The van der Waals surface area contributed by atoms with Crippen LogP contribution in [0.25, 0.3) is 0 Å². The zero-order valence-electron chi connectivity index (χ0n) is 11.7. The fourth-order valence-corrected chi connectivity index (χ4v) is 2.89. The molecule has 0 aliphatic carbocycles. The highest BCUT2D eigenvalue weighted by molar-refractivity contribution is 5.98. The Morgan fingerprint density at radius 1 is 1.42 bits per heavy atom. The van der Waals surface area contributed by atoms with Crippen molar-refractivity contribution < 1.29 is 4.79 Å². The summed E-state index contributed by atoms with van der Waals surface area (Å²) in [5.41, 5.74) is 14.3. The van der Waals surface area contributed by atoms with Gasteiger partial charge < -0.3 is 16.4 Å². The summed E-state index contributed by atoms with van der Waals surface area (Å²) in [6.45, 7) is 5.00. The Balaban J connectivity index is 2.43. The Labute approximate surface area is 114 Å². The van der Waals surface area contributed by atoms with Crippen molar-refractivity contribution in [2.24, 2.45) is 11.5 Å². The van der Waals surface area contributed by atoms with Crippen LogP contribution < -0.4 is 16.4 Å². The van der Waals surface area contributed by atoms with Crippen molar-refractivity contribution >= 4 is 11.6 Å². The minimum absolute atomic E-state index is 0.0848. The molecule has 1 saturated heterocycles. The van der Waals surface area contributed by atoms with E-state index in [0.717, 1.165) is 30.6 Å². The van der Waals surface area contributed by atoms with E-state index in [9.17, 15) is 4.79 Å². The zero-order valence-corrected chi connectivity index (χ0v) is 11.7. The van der Waals surface area contributed by atoms with Crippen molar-refractivity contribution in [2.75, 3.05) is 11.4 Å². The quantitative estimate of drug-likeness (QED) is 0.871. The van der Waals surface area contributed by atoms with Crippen molar-refractivity contribution in [1.29, 1.82) is 0 Å². The molecule has 19 heavy (non-hydrogen) atoms. The van der Waals surface area contributed by atoms with E-state index in [1.807, 2.05) is 32.0 Å². The molecule has 2 atom stereocenters. The number of hydrogen-bond acceptors (Lipinski definition) is 3. The van der Waals surface area contributed by atoms with Gasteiger partial charge in [0.2, 0.25) is 0 Å². The lowest BCUT2D eigenvalue weighted by molar-refractivity contribution is 0.100. The second kappa shape index (κ2) is 5.61. The van der Waals surface area contributed by atoms with E-state index in [-0.39, 0.29) is 18.0 Å². The summed E-state index contributed by atoms with van der Waals surface area (Å²) >= 11 is 0. The fourth-order valence-electron chi connectivity index (χ4n) is 2.89. The maximum absolute atomic E-state index is 11.6. The van der Waals surface area contributed by atoms with Gasteiger partial charge in [-0.05, 0) is 50.8 Å². The van der Waals surface area contributed by atoms with Gasteiger partial charge in [0.1, 0.15) is 0 Å². The van der Waals surface area contributed by atoms with Crippen LogP contribution in [0.5, 0.6) is 0 Å².